The van der Waals surface area contributed by atoms with Gasteiger partial charge in [-0.25, -0.2) is 0 Å². The van der Waals surface area contributed by atoms with Gasteiger partial charge in [0, 0.05) is 50.1 Å². The molecule has 8 heteroatoms. The number of H-pyrrole nitrogens is 1. The van der Waals surface area contributed by atoms with E-state index in [9.17, 15) is 9.90 Å². The van der Waals surface area contributed by atoms with Crippen LogP contribution in [0.5, 0.6) is 0 Å². The van der Waals surface area contributed by atoms with E-state index in [1.54, 1.807) is 4.68 Å². The lowest BCUT2D eigenvalue weighted by Gasteiger charge is -2.15. The van der Waals surface area contributed by atoms with E-state index in [1.165, 1.54) is 5.56 Å². The zero-order valence-corrected chi connectivity index (χ0v) is 13.7. The van der Waals surface area contributed by atoms with Crippen molar-refractivity contribution in [3.63, 3.8) is 0 Å². The van der Waals surface area contributed by atoms with Crippen LogP contribution in [0.15, 0.2) is 6.20 Å². The zero-order valence-electron chi connectivity index (χ0n) is 13.7. The summed E-state index contributed by atoms with van der Waals surface area (Å²) in [5, 5.41) is 24.6. The lowest BCUT2D eigenvalue weighted by Crippen LogP contribution is -2.21. The van der Waals surface area contributed by atoms with Crippen LogP contribution < -0.4 is 0 Å². The van der Waals surface area contributed by atoms with Crippen LogP contribution in [0.4, 0.5) is 0 Å². The van der Waals surface area contributed by atoms with Gasteiger partial charge in [0.1, 0.15) is 0 Å². The molecule has 2 aromatic rings. The standard InChI is InChI=1S/C15H22N6O2/c1-9-12(10(2)17-16-9)6-21-5-11(4-15(22)23)13(7-21)14-8-20(3)19-18-14/h8,11,13H,4-7H2,1-3H3,(H,16,17)(H,22,23)/t11-,13+/m0/s1. The molecule has 3 heterocycles. The molecule has 1 fully saturated rings. The molecule has 2 atom stereocenters. The highest BCUT2D eigenvalue weighted by molar-refractivity contribution is 5.67. The summed E-state index contributed by atoms with van der Waals surface area (Å²) in [6.45, 7) is 6.32. The summed E-state index contributed by atoms with van der Waals surface area (Å²) in [4.78, 5) is 13.5. The van der Waals surface area contributed by atoms with Gasteiger partial charge in [0.2, 0.25) is 0 Å². The molecular formula is C15H22N6O2. The Hall–Kier alpha value is -2.22. The highest BCUT2D eigenvalue weighted by Crippen LogP contribution is 2.34. The van der Waals surface area contributed by atoms with Crippen molar-refractivity contribution in [3.8, 4) is 0 Å². The van der Waals surface area contributed by atoms with Gasteiger partial charge in [-0.2, -0.15) is 5.10 Å². The van der Waals surface area contributed by atoms with Crippen molar-refractivity contribution in [2.24, 2.45) is 13.0 Å². The molecule has 1 aliphatic rings. The lowest BCUT2D eigenvalue weighted by atomic mass is 9.91. The maximum Gasteiger partial charge on any atom is 0.303 e. The molecule has 23 heavy (non-hydrogen) atoms. The second-order valence-electron chi connectivity index (χ2n) is 6.39. The largest absolute Gasteiger partial charge is 0.481 e. The maximum atomic E-state index is 11.2. The van der Waals surface area contributed by atoms with Crippen LogP contribution in [-0.4, -0.2) is 54.3 Å². The average Bonchev–Trinajstić information content (AvgIpc) is 3.14. The topological polar surface area (TPSA) is 99.9 Å². The minimum absolute atomic E-state index is 0.0525. The smallest absolute Gasteiger partial charge is 0.303 e. The highest BCUT2D eigenvalue weighted by atomic mass is 16.4. The van der Waals surface area contributed by atoms with E-state index in [2.05, 4.69) is 25.4 Å². The molecule has 3 rings (SSSR count). The van der Waals surface area contributed by atoms with E-state index in [4.69, 9.17) is 0 Å². The molecule has 2 N–H and O–H groups in total. The number of hydrogen-bond donors (Lipinski definition) is 2. The monoisotopic (exact) mass is 318 g/mol. The molecule has 0 bridgehead atoms. The number of aromatic nitrogens is 5. The molecule has 0 aromatic carbocycles. The summed E-state index contributed by atoms with van der Waals surface area (Å²) < 4.78 is 1.67. The Labute approximate surface area is 134 Å². The van der Waals surface area contributed by atoms with Gasteiger partial charge in [0.15, 0.2) is 0 Å². The molecule has 0 amide bonds. The number of aryl methyl sites for hydroxylation is 3. The fourth-order valence-corrected chi connectivity index (χ4v) is 3.42. The number of rotatable bonds is 5. The number of carbonyl (C=O) groups is 1. The van der Waals surface area contributed by atoms with Gasteiger partial charge in [-0.15, -0.1) is 5.10 Å². The van der Waals surface area contributed by atoms with E-state index in [1.807, 2.05) is 27.1 Å². The van der Waals surface area contributed by atoms with E-state index in [-0.39, 0.29) is 18.3 Å². The van der Waals surface area contributed by atoms with Crippen molar-refractivity contribution in [1.82, 2.24) is 30.1 Å². The first kappa shape index (κ1) is 15.7. The van der Waals surface area contributed by atoms with Gasteiger partial charge in [0.25, 0.3) is 0 Å². The number of carboxylic acid groups (broad SMARTS) is 1. The molecule has 0 saturated carbocycles. The Morgan fingerprint density at radius 2 is 2.22 bits per heavy atom. The van der Waals surface area contributed by atoms with Crippen LogP contribution in [-0.2, 0) is 18.4 Å². The van der Waals surface area contributed by atoms with Crippen molar-refractivity contribution in [2.75, 3.05) is 13.1 Å². The highest BCUT2D eigenvalue weighted by Gasteiger charge is 2.37. The van der Waals surface area contributed by atoms with E-state index in [0.717, 1.165) is 36.7 Å². The third-order valence-corrected chi connectivity index (χ3v) is 4.62. The van der Waals surface area contributed by atoms with Crippen molar-refractivity contribution < 1.29 is 9.90 Å². The number of nitrogens with one attached hydrogen (secondary N) is 1. The third kappa shape index (κ3) is 3.26. The van der Waals surface area contributed by atoms with Crippen molar-refractivity contribution in [2.45, 2.75) is 32.7 Å². The minimum atomic E-state index is -0.763. The average molecular weight is 318 g/mol. The maximum absolute atomic E-state index is 11.2. The normalized spacial score (nSPS) is 21.9. The number of hydrogen-bond acceptors (Lipinski definition) is 5. The first-order chi connectivity index (χ1) is 10.9. The van der Waals surface area contributed by atoms with E-state index < -0.39 is 5.97 Å². The summed E-state index contributed by atoms with van der Waals surface area (Å²) in [5.74, 6) is -0.606. The molecule has 1 aliphatic heterocycles. The second-order valence-corrected chi connectivity index (χ2v) is 6.39. The molecule has 2 aromatic heterocycles. The summed E-state index contributed by atoms with van der Waals surface area (Å²) in [6.07, 6.45) is 2.04. The molecule has 0 unspecified atom stereocenters. The van der Waals surface area contributed by atoms with Crippen LogP contribution in [0, 0.1) is 19.8 Å². The second kappa shape index (κ2) is 6.11. The summed E-state index contributed by atoms with van der Waals surface area (Å²) >= 11 is 0. The zero-order chi connectivity index (χ0) is 16.6. The number of nitrogens with zero attached hydrogens (tertiary/aromatic N) is 5. The van der Waals surface area contributed by atoms with Gasteiger partial charge >= 0.3 is 5.97 Å². The van der Waals surface area contributed by atoms with Crippen LogP contribution in [0.3, 0.4) is 0 Å². The molecule has 124 valence electrons. The first-order valence-corrected chi connectivity index (χ1v) is 7.75. The number of aromatic amines is 1. The number of aliphatic carboxylic acids is 1. The van der Waals surface area contributed by atoms with E-state index in [0.29, 0.717) is 0 Å². The fourth-order valence-electron chi connectivity index (χ4n) is 3.42. The fraction of sp³-hybridized carbons (Fsp3) is 0.600. The van der Waals surface area contributed by atoms with Crippen LogP contribution in [0.25, 0.3) is 0 Å². The van der Waals surface area contributed by atoms with Gasteiger partial charge in [-0.05, 0) is 19.8 Å². The Morgan fingerprint density at radius 3 is 2.78 bits per heavy atom. The quantitative estimate of drug-likeness (QED) is 0.847. The summed E-state index contributed by atoms with van der Waals surface area (Å²) in [7, 11) is 1.83. The van der Waals surface area contributed by atoms with Crippen LogP contribution in [0.2, 0.25) is 0 Å². The third-order valence-electron chi connectivity index (χ3n) is 4.62. The van der Waals surface area contributed by atoms with Gasteiger partial charge in [-0.3, -0.25) is 19.5 Å². The Morgan fingerprint density at radius 1 is 1.43 bits per heavy atom. The SMILES string of the molecule is Cc1n[nH]c(C)c1CN1C[C@H](CC(=O)O)[C@H](c2cn(C)nn2)C1. The minimum Gasteiger partial charge on any atom is -0.481 e. The predicted octanol–water partition coefficient (Wildman–Crippen LogP) is 0.845. The Kier molecular flexibility index (Phi) is 4.16. The van der Waals surface area contributed by atoms with Crippen molar-refractivity contribution >= 4 is 5.97 Å². The molecule has 0 spiro atoms. The predicted molar refractivity (Wildman–Crippen MR) is 82.8 cm³/mol. The van der Waals surface area contributed by atoms with E-state index >= 15 is 0 Å². The van der Waals surface area contributed by atoms with Crippen molar-refractivity contribution in [1.29, 1.82) is 0 Å². The number of carboxylic acids is 1. The summed E-state index contributed by atoms with van der Waals surface area (Å²) in [5.41, 5.74) is 4.14. The van der Waals surface area contributed by atoms with Gasteiger partial charge in [-0.1, -0.05) is 5.21 Å². The number of likely N-dealkylation sites (tertiary alicyclic amines) is 1. The van der Waals surface area contributed by atoms with Crippen LogP contribution in [0.1, 0.15) is 35.0 Å². The van der Waals surface area contributed by atoms with Crippen molar-refractivity contribution in [3.05, 3.63) is 28.8 Å². The first-order valence-electron chi connectivity index (χ1n) is 7.75. The van der Waals surface area contributed by atoms with Gasteiger partial charge in [0.05, 0.1) is 17.8 Å². The van der Waals surface area contributed by atoms with Gasteiger partial charge < -0.3 is 5.11 Å². The molecule has 0 radical (unpaired) electrons. The molecule has 8 nitrogen and oxygen atoms in total. The van der Waals surface area contributed by atoms with Crippen LogP contribution >= 0.6 is 0 Å². The molecule has 0 aliphatic carbocycles. The Bertz CT molecular complexity index is 687. The summed E-state index contributed by atoms with van der Waals surface area (Å²) in [6, 6.07) is 0. The molecule has 1 saturated heterocycles. The lowest BCUT2D eigenvalue weighted by molar-refractivity contribution is -0.138. The Balaban J connectivity index is 1.78. The molecular weight excluding hydrogens is 296 g/mol.